The average molecular weight is 518 g/mol. The SMILES string of the molecule is N#Cc1ccc(OC2CN(S(=O)(=O)c3ccccc3I)C[C@@]2(O)CO)cc1F. The highest BCUT2D eigenvalue weighted by atomic mass is 127. The third-order valence-corrected chi connectivity index (χ3v) is 7.66. The van der Waals surface area contributed by atoms with Crippen molar-refractivity contribution in [2.75, 3.05) is 19.7 Å². The van der Waals surface area contributed by atoms with Crippen LogP contribution < -0.4 is 4.74 Å². The van der Waals surface area contributed by atoms with Gasteiger partial charge in [0.1, 0.15) is 29.3 Å². The Bertz CT molecular complexity index is 1040. The van der Waals surface area contributed by atoms with Gasteiger partial charge in [0.15, 0.2) is 0 Å². The lowest BCUT2D eigenvalue weighted by Crippen LogP contribution is -2.48. The van der Waals surface area contributed by atoms with Crippen LogP contribution in [0, 0.1) is 20.7 Å². The molecule has 1 saturated heterocycles. The summed E-state index contributed by atoms with van der Waals surface area (Å²) < 4.78 is 46.9. The number of hydrogen-bond donors (Lipinski definition) is 2. The Morgan fingerprint density at radius 1 is 1.36 bits per heavy atom. The second-order valence-corrected chi connectivity index (χ2v) is 9.42. The number of ether oxygens (including phenoxy) is 1. The Hall–Kier alpha value is -1.78. The first-order chi connectivity index (χ1) is 13.2. The molecule has 1 unspecified atom stereocenters. The van der Waals surface area contributed by atoms with Gasteiger partial charge in [-0.1, -0.05) is 12.1 Å². The van der Waals surface area contributed by atoms with Gasteiger partial charge in [0.25, 0.3) is 0 Å². The number of aliphatic hydroxyl groups is 2. The molecular weight excluding hydrogens is 502 g/mol. The standard InChI is InChI=1S/C18H16FIN2O5S/c19-14-7-13(6-5-12(14)8-21)27-17-9-22(10-18(17,24)11-23)28(25,26)16-4-2-1-3-15(16)20/h1-7,17,23-24H,9-11H2/t17?,18-/m1/s1. The second-order valence-electron chi connectivity index (χ2n) is 6.35. The first kappa shape index (κ1) is 20.9. The van der Waals surface area contributed by atoms with Gasteiger partial charge in [0.2, 0.25) is 10.0 Å². The molecule has 0 aliphatic carbocycles. The summed E-state index contributed by atoms with van der Waals surface area (Å²) >= 11 is 1.91. The quantitative estimate of drug-likeness (QED) is 0.581. The number of benzene rings is 2. The third kappa shape index (κ3) is 3.85. The maximum atomic E-state index is 13.8. The zero-order valence-corrected chi connectivity index (χ0v) is 17.4. The fraction of sp³-hybridized carbons (Fsp3) is 0.278. The van der Waals surface area contributed by atoms with Crippen molar-refractivity contribution in [3.63, 3.8) is 0 Å². The molecule has 1 aliphatic heterocycles. The van der Waals surface area contributed by atoms with Crippen LogP contribution in [0.25, 0.3) is 0 Å². The average Bonchev–Trinajstić information content (AvgIpc) is 3.00. The Kier molecular flexibility index (Phi) is 5.92. The van der Waals surface area contributed by atoms with E-state index in [0.29, 0.717) is 3.57 Å². The Morgan fingerprint density at radius 3 is 2.68 bits per heavy atom. The topological polar surface area (TPSA) is 111 Å². The second kappa shape index (κ2) is 7.92. The van der Waals surface area contributed by atoms with Gasteiger partial charge in [-0.05, 0) is 46.9 Å². The summed E-state index contributed by atoms with van der Waals surface area (Å²) in [4.78, 5) is 0.0842. The van der Waals surface area contributed by atoms with Gasteiger partial charge in [-0.25, -0.2) is 12.8 Å². The molecule has 3 rings (SSSR count). The number of halogens is 2. The highest BCUT2D eigenvalue weighted by Crippen LogP contribution is 2.32. The zero-order valence-electron chi connectivity index (χ0n) is 14.4. The fourth-order valence-corrected chi connectivity index (χ4v) is 5.72. The van der Waals surface area contributed by atoms with Crippen molar-refractivity contribution >= 4 is 32.6 Å². The smallest absolute Gasteiger partial charge is 0.244 e. The lowest BCUT2D eigenvalue weighted by molar-refractivity contribution is -0.0641. The van der Waals surface area contributed by atoms with Crippen LogP contribution in [0.4, 0.5) is 4.39 Å². The monoisotopic (exact) mass is 518 g/mol. The molecule has 10 heteroatoms. The number of sulfonamides is 1. The Labute approximate surface area is 175 Å². The molecule has 1 fully saturated rings. The molecule has 148 valence electrons. The van der Waals surface area contributed by atoms with Gasteiger partial charge in [-0.3, -0.25) is 0 Å². The number of aliphatic hydroxyl groups excluding tert-OH is 1. The van der Waals surface area contributed by atoms with Crippen molar-refractivity contribution in [1.82, 2.24) is 4.31 Å². The Balaban J connectivity index is 1.89. The predicted molar refractivity (Wildman–Crippen MR) is 105 cm³/mol. The molecule has 0 amide bonds. The molecule has 0 radical (unpaired) electrons. The van der Waals surface area contributed by atoms with E-state index >= 15 is 0 Å². The minimum atomic E-state index is -3.94. The van der Waals surface area contributed by atoms with Crippen molar-refractivity contribution < 1.29 is 27.8 Å². The van der Waals surface area contributed by atoms with Crippen molar-refractivity contribution in [2.45, 2.75) is 16.6 Å². The minimum absolute atomic E-state index is 0.0157. The van der Waals surface area contributed by atoms with Gasteiger partial charge < -0.3 is 14.9 Å². The van der Waals surface area contributed by atoms with Crippen LogP contribution in [0.15, 0.2) is 47.4 Å². The molecule has 1 heterocycles. The summed E-state index contributed by atoms with van der Waals surface area (Å²) in [6.07, 6.45) is -1.12. The Morgan fingerprint density at radius 2 is 2.07 bits per heavy atom. The number of hydrogen-bond acceptors (Lipinski definition) is 6. The molecule has 0 aromatic heterocycles. The minimum Gasteiger partial charge on any atom is -0.486 e. The van der Waals surface area contributed by atoms with Crippen LogP contribution in [0.5, 0.6) is 5.75 Å². The van der Waals surface area contributed by atoms with E-state index < -0.39 is 34.2 Å². The van der Waals surface area contributed by atoms with Crippen molar-refractivity contribution in [2.24, 2.45) is 0 Å². The summed E-state index contributed by atoms with van der Waals surface area (Å²) in [5.41, 5.74) is -2.03. The lowest BCUT2D eigenvalue weighted by Gasteiger charge is -2.27. The van der Waals surface area contributed by atoms with E-state index in [9.17, 15) is 23.0 Å². The van der Waals surface area contributed by atoms with Gasteiger partial charge in [-0.2, -0.15) is 9.57 Å². The molecule has 0 spiro atoms. The van der Waals surface area contributed by atoms with E-state index in [2.05, 4.69) is 0 Å². The number of nitriles is 1. The van der Waals surface area contributed by atoms with Crippen molar-refractivity contribution in [3.8, 4) is 11.8 Å². The highest BCUT2D eigenvalue weighted by molar-refractivity contribution is 14.1. The van der Waals surface area contributed by atoms with E-state index in [1.54, 1.807) is 24.3 Å². The van der Waals surface area contributed by atoms with Crippen LogP contribution in [-0.4, -0.2) is 54.3 Å². The van der Waals surface area contributed by atoms with Crippen molar-refractivity contribution in [3.05, 3.63) is 57.4 Å². The third-order valence-electron chi connectivity index (χ3n) is 4.49. The number of β-amino-alcohol motifs (C(OH)–C–C–N with tert-alkyl or cyclic N) is 1. The summed E-state index contributed by atoms with van der Waals surface area (Å²) in [5, 5.41) is 29.2. The van der Waals surface area contributed by atoms with Gasteiger partial charge in [0.05, 0.1) is 23.6 Å². The number of rotatable bonds is 5. The van der Waals surface area contributed by atoms with Crippen LogP contribution in [0.2, 0.25) is 0 Å². The normalized spacial score (nSPS) is 22.8. The fourth-order valence-electron chi connectivity index (χ4n) is 2.93. The molecule has 0 saturated carbocycles. The van der Waals surface area contributed by atoms with Crippen LogP contribution in [-0.2, 0) is 10.0 Å². The summed E-state index contributed by atoms with van der Waals surface area (Å²) in [6, 6.07) is 11.6. The van der Waals surface area contributed by atoms with Crippen LogP contribution >= 0.6 is 22.6 Å². The lowest BCUT2D eigenvalue weighted by atomic mass is 10.0. The van der Waals surface area contributed by atoms with E-state index in [0.717, 1.165) is 10.4 Å². The predicted octanol–water partition coefficient (Wildman–Crippen LogP) is 1.48. The molecule has 7 nitrogen and oxygen atoms in total. The number of nitrogens with zero attached hydrogens (tertiary/aromatic N) is 2. The maximum absolute atomic E-state index is 13.8. The first-order valence-corrected chi connectivity index (χ1v) is 10.7. The van der Waals surface area contributed by atoms with E-state index in [1.165, 1.54) is 18.2 Å². The van der Waals surface area contributed by atoms with E-state index in [4.69, 9.17) is 10.00 Å². The molecule has 2 N–H and O–H groups in total. The molecular formula is C18H16FIN2O5S. The molecule has 2 aromatic rings. The molecule has 1 aliphatic rings. The maximum Gasteiger partial charge on any atom is 0.244 e. The zero-order chi connectivity index (χ0) is 20.5. The van der Waals surface area contributed by atoms with Crippen LogP contribution in [0.3, 0.4) is 0 Å². The van der Waals surface area contributed by atoms with E-state index in [-0.39, 0.29) is 29.3 Å². The van der Waals surface area contributed by atoms with Crippen molar-refractivity contribution in [1.29, 1.82) is 5.26 Å². The molecule has 0 bridgehead atoms. The summed E-state index contributed by atoms with van der Waals surface area (Å²) in [5.74, 6) is -0.782. The van der Waals surface area contributed by atoms with Gasteiger partial charge in [-0.15, -0.1) is 0 Å². The summed E-state index contributed by atoms with van der Waals surface area (Å²) in [7, 11) is -3.94. The molecule has 28 heavy (non-hydrogen) atoms. The van der Waals surface area contributed by atoms with Gasteiger partial charge >= 0.3 is 0 Å². The summed E-state index contributed by atoms with van der Waals surface area (Å²) in [6.45, 7) is -1.35. The van der Waals surface area contributed by atoms with E-state index in [1.807, 2.05) is 22.6 Å². The van der Waals surface area contributed by atoms with Gasteiger partial charge in [0, 0.05) is 16.2 Å². The molecule has 2 aromatic carbocycles. The first-order valence-electron chi connectivity index (χ1n) is 8.15. The largest absolute Gasteiger partial charge is 0.486 e. The molecule has 2 atom stereocenters. The van der Waals surface area contributed by atoms with Crippen LogP contribution in [0.1, 0.15) is 5.56 Å². The highest BCUT2D eigenvalue weighted by Gasteiger charge is 2.51.